The van der Waals surface area contributed by atoms with Crippen LogP contribution in [0.3, 0.4) is 0 Å². The number of rotatable bonds is 3. The quantitative estimate of drug-likeness (QED) is 0.686. The molecule has 0 aliphatic carbocycles. The molecule has 2 heterocycles. The van der Waals surface area contributed by atoms with Crippen LogP contribution in [0, 0.1) is 6.92 Å². The van der Waals surface area contributed by atoms with Crippen LogP contribution in [-0.2, 0) is 16.4 Å². The van der Waals surface area contributed by atoms with Gasteiger partial charge in [0.05, 0.1) is 10.9 Å². The topological polar surface area (TPSA) is 37.4 Å². The lowest BCUT2D eigenvalue weighted by Gasteiger charge is -2.36. The predicted octanol–water partition coefficient (Wildman–Crippen LogP) is 4.39. The maximum absolute atomic E-state index is 13.4. The SMILES string of the molecule is Cc1cccc(S(=O)(=O)N2CCc3ccccc3C2c2cccs2)c1. The molecule has 1 atom stereocenters. The molecule has 1 unspecified atom stereocenters. The van der Waals surface area contributed by atoms with E-state index in [1.165, 1.54) is 5.56 Å². The molecule has 0 fully saturated rings. The molecule has 0 amide bonds. The average Bonchev–Trinajstić information content (AvgIpc) is 3.15. The van der Waals surface area contributed by atoms with Crippen LogP contribution < -0.4 is 0 Å². The molecule has 25 heavy (non-hydrogen) atoms. The molecule has 0 saturated heterocycles. The van der Waals surface area contributed by atoms with E-state index in [9.17, 15) is 8.42 Å². The maximum atomic E-state index is 13.4. The molecular weight excluding hydrogens is 350 g/mol. The minimum absolute atomic E-state index is 0.254. The van der Waals surface area contributed by atoms with E-state index in [2.05, 4.69) is 12.1 Å². The van der Waals surface area contributed by atoms with E-state index in [1.807, 2.05) is 42.6 Å². The molecule has 4 rings (SSSR count). The summed E-state index contributed by atoms with van der Waals surface area (Å²) >= 11 is 1.61. The van der Waals surface area contributed by atoms with Gasteiger partial charge in [-0.2, -0.15) is 4.31 Å². The second kappa shape index (κ2) is 6.41. The molecule has 3 aromatic rings. The van der Waals surface area contributed by atoms with E-state index in [4.69, 9.17) is 0 Å². The first-order chi connectivity index (χ1) is 12.1. The number of fused-ring (bicyclic) bond motifs is 1. The molecule has 2 aromatic carbocycles. The number of aryl methyl sites for hydroxylation is 1. The number of sulfonamides is 1. The molecule has 0 bridgehead atoms. The fourth-order valence-corrected chi connectivity index (χ4v) is 6.07. The Labute approximate surface area is 152 Å². The Hall–Kier alpha value is -1.95. The van der Waals surface area contributed by atoms with Crippen molar-refractivity contribution in [2.75, 3.05) is 6.54 Å². The Kier molecular flexibility index (Phi) is 4.23. The lowest BCUT2D eigenvalue weighted by Crippen LogP contribution is -2.40. The van der Waals surface area contributed by atoms with Crippen LogP contribution in [0.15, 0.2) is 70.9 Å². The molecule has 0 spiro atoms. The van der Waals surface area contributed by atoms with Crippen molar-refractivity contribution < 1.29 is 8.42 Å². The zero-order valence-corrected chi connectivity index (χ0v) is 15.6. The maximum Gasteiger partial charge on any atom is 0.243 e. The van der Waals surface area contributed by atoms with E-state index in [0.717, 1.165) is 22.4 Å². The molecule has 1 aromatic heterocycles. The molecule has 5 heteroatoms. The minimum Gasteiger partial charge on any atom is -0.207 e. The molecule has 0 radical (unpaired) electrons. The fourth-order valence-electron chi connectivity index (χ4n) is 3.46. The van der Waals surface area contributed by atoms with Gasteiger partial charge < -0.3 is 0 Å². The van der Waals surface area contributed by atoms with Gasteiger partial charge in [0.15, 0.2) is 0 Å². The smallest absolute Gasteiger partial charge is 0.207 e. The molecule has 128 valence electrons. The minimum atomic E-state index is -3.56. The lowest BCUT2D eigenvalue weighted by molar-refractivity contribution is 0.347. The largest absolute Gasteiger partial charge is 0.243 e. The van der Waals surface area contributed by atoms with E-state index in [1.54, 1.807) is 33.8 Å². The van der Waals surface area contributed by atoms with Crippen molar-refractivity contribution in [3.8, 4) is 0 Å². The predicted molar refractivity (Wildman–Crippen MR) is 101 cm³/mol. The number of benzene rings is 2. The van der Waals surface area contributed by atoms with Crippen LogP contribution in [-0.4, -0.2) is 19.3 Å². The fraction of sp³-hybridized carbons (Fsp3) is 0.200. The number of nitrogens with zero attached hydrogens (tertiary/aromatic N) is 1. The Balaban J connectivity index is 1.86. The summed E-state index contributed by atoms with van der Waals surface area (Å²) in [5.41, 5.74) is 3.27. The van der Waals surface area contributed by atoms with Crippen molar-refractivity contribution >= 4 is 21.4 Å². The highest BCUT2D eigenvalue weighted by atomic mass is 32.2. The van der Waals surface area contributed by atoms with Gasteiger partial charge in [0.1, 0.15) is 0 Å². The van der Waals surface area contributed by atoms with Crippen LogP contribution in [0.1, 0.15) is 27.6 Å². The summed E-state index contributed by atoms with van der Waals surface area (Å²) in [6.07, 6.45) is 0.739. The Bertz CT molecular complexity index is 994. The summed E-state index contributed by atoms with van der Waals surface area (Å²) in [5, 5.41) is 2.00. The molecule has 3 nitrogen and oxygen atoms in total. The Morgan fingerprint density at radius 2 is 1.88 bits per heavy atom. The third kappa shape index (κ3) is 2.92. The van der Waals surface area contributed by atoms with Gasteiger partial charge in [-0.05, 0) is 53.6 Å². The summed E-state index contributed by atoms with van der Waals surface area (Å²) in [7, 11) is -3.56. The first kappa shape index (κ1) is 16.5. The second-order valence-corrected chi connectivity index (χ2v) is 9.17. The highest BCUT2D eigenvalue weighted by Crippen LogP contribution is 2.40. The van der Waals surface area contributed by atoms with E-state index < -0.39 is 10.0 Å². The van der Waals surface area contributed by atoms with Crippen molar-refractivity contribution in [2.24, 2.45) is 0 Å². The van der Waals surface area contributed by atoms with Gasteiger partial charge in [-0.3, -0.25) is 0 Å². The van der Waals surface area contributed by atoms with Gasteiger partial charge in [0, 0.05) is 11.4 Å². The van der Waals surface area contributed by atoms with Crippen LogP contribution in [0.2, 0.25) is 0 Å². The van der Waals surface area contributed by atoms with Crippen LogP contribution in [0.5, 0.6) is 0 Å². The zero-order chi connectivity index (χ0) is 17.4. The molecular formula is C20H19NO2S2. The summed E-state index contributed by atoms with van der Waals surface area (Å²) in [6, 6.07) is 19.1. The molecule has 1 aliphatic heterocycles. The van der Waals surface area contributed by atoms with Crippen molar-refractivity contribution in [3.05, 3.63) is 87.6 Å². The van der Waals surface area contributed by atoms with Gasteiger partial charge in [0.2, 0.25) is 10.0 Å². The second-order valence-electron chi connectivity index (χ2n) is 6.30. The van der Waals surface area contributed by atoms with Gasteiger partial charge >= 0.3 is 0 Å². The van der Waals surface area contributed by atoms with E-state index in [-0.39, 0.29) is 6.04 Å². The monoisotopic (exact) mass is 369 g/mol. The van der Waals surface area contributed by atoms with Gasteiger partial charge in [0.25, 0.3) is 0 Å². The Morgan fingerprint density at radius 1 is 1.04 bits per heavy atom. The highest BCUT2D eigenvalue weighted by molar-refractivity contribution is 7.89. The van der Waals surface area contributed by atoms with Crippen LogP contribution in [0.4, 0.5) is 0 Å². The third-order valence-electron chi connectivity index (χ3n) is 4.65. The number of thiophene rings is 1. The van der Waals surface area contributed by atoms with Crippen molar-refractivity contribution in [1.82, 2.24) is 4.31 Å². The third-order valence-corrected chi connectivity index (χ3v) is 7.43. The summed E-state index contributed by atoms with van der Waals surface area (Å²) in [4.78, 5) is 1.43. The van der Waals surface area contributed by atoms with E-state index >= 15 is 0 Å². The highest BCUT2D eigenvalue weighted by Gasteiger charge is 2.37. The first-order valence-electron chi connectivity index (χ1n) is 8.27. The molecule has 0 saturated carbocycles. The van der Waals surface area contributed by atoms with Gasteiger partial charge in [-0.1, -0.05) is 42.5 Å². The number of hydrogen-bond donors (Lipinski definition) is 0. The standard InChI is InChI=1S/C20H19NO2S2/c1-15-6-4-8-17(14-15)25(22,23)21-12-11-16-7-2-3-9-18(16)20(21)19-10-5-13-24-19/h2-10,13-14,20H,11-12H2,1H3. The van der Waals surface area contributed by atoms with Crippen molar-refractivity contribution in [2.45, 2.75) is 24.3 Å². The molecule has 0 N–H and O–H groups in total. The average molecular weight is 370 g/mol. The van der Waals surface area contributed by atoms with E-state index in [0.29, 0.717) is 11.4 Å². The van der Waals surface area contributed by atoms with Crippen LogP contribution >= 0.6 is 11.3 Å². The number of hydrogen-bond acceptors (Lipinski definition) is 3. The van der Waals surface area contributed by atoms with Gasteiger partial charge in [-0.15, -0.1) is 11.3 Å². The Morgan fingerprint density at radius 3 is 2.64 bits per heavy atom. The normalized spacial score (nSPS) is 18.0. The lowest BCUT2D eigenvalue weighted by atomic mass is 9.93. The zero-order valence-electron chi connectivity index (χ0n) is 13.9. The summed E-state index contributed by atoms with van der Waals surface area (Å²) in [6.45, 7) is 2.41. The summed E-state index contributed by atoms with van der Waals surface area (Å²) in [5.74, 6) is 0. The van der Waals surface area contributed by atoms with Gasteiger partial charge in [-0.25, -0.2) is 8.42 Å². The first-order valence-corrected chi connectivity index (χ1v) is 10.6. The summed E-state index contributed by atoms with van der Waals surface area (Å²) < 4.78 is 28.4. The van der Waals surface area contributed by atoms with Crippen LogP contribution in [0.25, 0.3) is 0 Å². The van der Waals surface area contributed by atoms with Crippen molar-refractivity contribution in [3.63, 3.8) is 0 Å². The van der Waals surface area contributed by atoms with Crippen molar-refractivity contribution in [1.29, 1.82) is 0 Å². The molecule has 1 aliphatic rings.